The molecule has 1 saturated carbocycles. The van der Waals surface area contributed by atoms with Gasteiger partial charge in [0.1, 0.15) is 4.88 Å². The number of halogens is 3. The number of nitrogens with one attached hydrogen (secondary N) is 2. The summed E-state index contributed by atoms with van der Waals surface area (Å²) in [6, 6.07) is 0.200. The Kier molecular flexibility index (Phi) is 5.71. The minimum Gasteiger partial charge on any atom is -0.348 e. The van der Waals surface area contributed by atoms with Crippen molar-refractivity contribution in [1.82, 2.24) is 15.6 Å². The Hall–Kier alpha value is -1.51. The van der Waals surface area contributed by atoms with Crippen molar-refractivity contribution in [1.29, 1.82) is 0 Å². The molecule has 1 aliphatic carbocycles. The highest BCUT2D eigenvalue weighted by molar-refractivity contribution is 7.15. The standard InChI is InChI=1S/C16H23F3N4OS/c17-16(18,19)13-10-20-15(25-13)23-8-6-12(7-9-23)22-14(24)21-11-4-2-1-3-5-11/h10-12H,1-9H2,(H2,21,22,24). The lowest BCUT2D eigenvalue weighted by atomic mass is 9.96. The second-order valence-corrected chi connectivity index (χ2v) is 7.73. The quantitative estimate of drug-likeness (QED) is 0.844. The third kappa shape index (κ3) is 4.99. The second kappa shape index (κ2) is 7.80. The molecule has 1 aromatic heterocycles. The van der Waals surface area contributed by atoms with Crippen molar-refractivity contribution < 1.29 is 18.0 Å². The number of thiazole rings is 1. The molecule has 2 amide bonds. The highest BCUT2D eigenvalue weighted by Crippen LogP contribution is 2.36. The Morgan fingerprint density at radius 2 is 1.68 bits per heavy atom. The van der Waals surface area contributed by atoms with Crippen molar-refractivity contribution in [2.45, 2.75) is 63.2 Å². The summed E-state index contributed by atoms with van der Waals surface area (Å²) in [5.41, 5.74) is 0. The lowest BCUT2D eigenvalue weighted by molar-refractivity contribution is -0.134. The molecule has 0 radical (unpaired) electrons. The topological polar surface area (TPSA) is 57.3 Å². The molecule has 1 aliphatic heterocycles. The van der Waals surface area contributed by atoms with Gasteiger partial charge in [-0.05, 0) is 25.7 Å². The van der Waals surface area contributed by atoms with Crippen molar-refractivity contribution in [2.75, 3.05) is 18.0 Å². The lowest BCUT2D eigenvalue weighted by Gasteiger charge is -2.32. The zero-order valence-electron chi connectivity index (χ0n) is 13.9. The lowest BCUT2D eigenvalue weighted by Crippen LogP contribution is -2.50. The predicted molar refractivity (Wildman–Crippen MR) is 90.9 cm³/mol. The molecule has 0 unspecified atom stereocenters. The summed E-state index contributed by atoms with van der Waals surface area (Å²) in [7, 11) is 0. The molecule has 2 N–H and O–H groups in total. The van der Waals surface area contributed by atoms with Crippen LogP contribution in [0.1, 0.15) is 49.8 Å². The maximum atomic E-state index is 12.7. The van der Waals surface area contributed by atoms with E-state index in [1.165, 1.54) is 6.42 Å². The summed E-state index contributed by atoms with van der Waals surface area (Å²) in [6.07, 6.45) is 3.61. The summed E-state index contributed by atoms with van der Waals surface area (Å²) in [5.74, 6) is 0. The highest BCUT2D eigenvalue weighted by atomic mass is 32.1. The third-order valence-corrected chi connectivity index (χ3v) is 5.92. The maximum absolute atomic E-state index is 12.7. The molecule has 0 bridgehead atoms. The van der Waals surface area contributed by atoms with Crippen LogP contribution in [-0.2, 0) is 6.18 Å². The van der Waals surface area contributed by atoms with E-state index < -0.39 is 11.1 Å². The normalized spacial score (nSPS) is 20.5. The van der Waals surface area contributed by atoms with Crippen LogP contribution in [-0.4, -0.2) is 36.2 Å². The largest absolute Gasteiger partial charge is 0.427 e. The Balaban J connectivity index is 1.43. The number of piperidine rings is 1. The van der Waals surface area contributed by atoms with E-state index in [2.05, 4.69) is 15.6 Å². The molecule has 5 nitrogen and oxygen atoms in total. The molecule has 25 heavy (non-hydrogen) atoms. The van der Waals surface area contributed by atoms with E-state index in [1.807, 2.05) is 4.90 Å². The fourth-order valence-corrected chi connectivity index (χ4v) is 4.25. The van der Waals surface area contributed by atoms with Gasteiger partial charge in [-0.15, -0.1) is 0 Å². The molecular weight excluding hydrogens is 353 g/mol. The van der Waals surface area contributed by atoms with Crippen molar-refractivity contribution in [2.24, 2.45) is 0 Å². The van der Waals surface area contributed by atoms with E-state index in [9.17, 15) is 18.0 Å². The molecule has 2 heterocycles. The molecule has 0 spiro atoms. The summed E-state index contributed by atoms with van der Waals surface area (Å²) in [5, 5.41) is 6.42. The molecule has 140 valence electrons. The number of hydrogen-bond acceptors (Lipinski definition) is 4. The van der Waals surface area contributed by atoms with Crippen LogP contribution in [0.2, 0.25) is 0 Å². The zero-order valence-corrected chi connectivity index (χ0v) is 14.8. The Labute approximate surface area is 149 Å². The first-order valence-electron chi connectivity index (χ1n) is 8.77. The first kappa shape index (κ1) is 18.3. The molecule has 1 saturated heterocycles. The average molecular weight is 376 g/mol. The first-order valence-corrected chi connectivity index (χ1v) is 9.58. The van der Waals surface area contributed by atoms with Crippen LogP contribution in [0.25, 0.3) is 0 Å². The van der Waals surface area contributed by atoms with Crippen molar-refractivity contribution in [3.63, 3.8) is 0 Å². The second-order valence-electron chi connectivity index (χ2n) is 6.72. The molecule has 3 rings (SSSR count). The van der Waals surface area contributed by atoms with Crippen molar-refractivity contribution >= 4 is 22.5 Å². The van der Waals surface area contributed by atoms with E-state index in [0.29, 0.717) is 42.4 Å². The van der Waals surface area contributed by atoms with E-state index >= 15 is 0 Å². The van der Waals surface area contributed by atoms with Crippen LogP contribution >= 0.6 is 11.3 Å². The van der Waals surface area contributed by atoms with E-state index in [4.69, 9.17) is 0 Å². The number of urea groups is 1. The van der Waals surface area contributed by atoms with Gasteiger partial charge in [0, 0.05) is 25.2 Å². The Morgan fingerprint density at radius 3 is 2.24 bits per heavy atom. The number of anilines is 1. The Bertz CT molecular complexity index is 578. The van der Waals surface area contributed by atoms with E-state index in [1.54, 1.807) is 0 Å². The minimum atomic E-state index is -4.34. The van der Waals surface area contributed by atoms with Crippen LogP contribution in [0.15, 0.2) is 6.20 Å². The number of hydrogen-bond donors (Lipinski definition) is 2. The fraction of sp³-hybridized carbons (Fsp3) is 0.750. The molecule has 9 heteroatoms. The number of rotatable bonds is 3. The van der Waals surface area contributed by atoms with Gasteiger partial charge in [-0.2, -0.15) is 13.2 Å². The van der Waals surface area contributed by atoms with Gasteiger partial charge >= 0.3 is 12.2 Å². The van der Waals surface area contributed by atoms with Gasteiger partial charge in [0.05, 0.1) is 6.20 Å². The molecule has 0 atom stereocenters. The summed E-state index contributed by atoms with van der Waals surface area (Å²) < 4.78 is 38.0. The van der Waals surface area contributed by atoms with Crippen LogP contribution in [0, 0.1) is 0 Å². The number of aromatic nitrogens is 1. The summed E-state index contributed by atoms with van der Waals surface area (Å²) in [6.45, 7) is 1.19. The van der Waals surface area contributed by atoms with Gasteiger partial charge in [0.15, 0.2) is 5.13 Å². The van der Waals surface area contributed by atoms with Crippen LogP contribution < -0.4 is 15.5 Å². The molecule has 0 aromatic carbocycles. The van der Waals surface area contributed by atoms with Crippen LogP contribution in [0.3, 0.4) is 0 Å². The predicted octanol–water partition coefficient (Wildman–Crippen LogP) is 3.76. The van der Waals surface area contributed by atoms with Gasteiger partial charge in [-0.1, -0.05) is 30.6 Å². The van der Waals surface area contributed by atoms with Gasteiger partial charge in [-0.25, -0.2) is 9.78 Å². The maximum Gasteiger partial charge on any atom is 0.427 e. The first-order chi connectivity index (χ1) is 11.9. The number of amides is 2. The van der Waals surface area contributed by atoms with Gasteiger partial charge in [0.25, 0.3) is 0 Å². The number of carbonyl (C=O) groups is 1. The smallest absolute Gasteiger partial charge is 0.348 e. The highest BCUT2D eigenvalue weighted by Gasteiger charge is 2.34. The van der Waals surface area contributed by atoms with Gasteiger partial charge in [-0.3, -0.25) is 0 Å². The zero-order chi connectivity index (χ0) is 17.9. The Morgan fingerprint density at radius 1 is 1.08 bits per heavy atom. The average Bonchev–Trinajstić information content (AvgIpc) is 3.07. The third-order valence-electron chi connectivity index (χ3n) is 4.81. The van der Waals surface area contributed by atoms with Gasteiger partial charge in [0.2, 0.25) is 0 Å². The summed E-state index contributed by atoms with van der Waals surface area (Å²) in [4.78, 5) is 17.2. The van der Waals surface area contributed by atoms with E-state index in [-0.39, 0.29) is 18.1 Å². The van der Waals surface area contributed by atoms with Crippen molar-refractivity contribution in [3.8, 4) is 0 Å². The van der Waals surface area contributed by atoms with Crippen LogP contribution in [0.4, 0.5) is 23.1 Å². The number of nitrogens with zero attached hydrogens (tertiary/aromatic N) is 2. The SMILES string of the molecule is O=C(NC1CCCCC1)NC1CCN(c2ncc(C(F)(F)F)s2)CC1. The number of carbonyl (C=O) groups excluding carboxylic acids is 1. The monoisotopic (exact) mass is 376 g/mol. The molecule has 2 fully saturated rings. The number of alkyl halides is 3. The van der Waals surface area contributed by atoms with Gasteiger partial charge < -0.3 is 15.5 Å². The molecule has 1 aromatic rings. The van der Waals surface area contributed by atoms with Crippen LogP contribution in [0.5, 0.6) is 0 Å². The minimum absolute atomic E-state index is 0.0573. The van der Waals surface area contributed by atoms with E-state index in [0.717, 1.165) is 31.9 Å². The fourth-order valence-electron chi connectivity index (χ4n) is 3.42. The van der Waals surface area contributed by atoms with Crippen molar-refractivity contribution in [3.05, 3.63) is 11.1 Å². The molecular formula is C16H23F3N4OS. The molecule has 2 aliphatic rings. The summed E-state index contributed by atoms with van der Waals surface area (Å²) >= 11 is 0.675.